The number of fused-ring (bicyclic) bond motifs is 3. The van der Waals surface area contributed by atoms with Gasteiger partial charge in [-0.3, -0.25) is 10.2 Å². The average molecular weight is 430 g/mol. The van der Waals surface area contributed by atoms with Crippen LogP contribution in [-0.2, 0) is 14.4 Å². The minimum Gasteiger partial charge on any atom is -0.488 e. The summed E-state index contributed by atoms with van der Waals surface area (Å²) in [7, 11) is 0. The third-order valence-electron chi connectivity index (χ3n) is 5.30. The molecule has 2 atom stereocenters. The summed E-state index contributed by atoms with van der Waals surface area (Å²) in [5.41, 5.74) is 3.06. The number of nitrogens with one attached hydrogen (secondary N) is 2. The second kappa shape index (κ2) is 6.91. The molecule has 1 amide bonds. The van der Waals surface area contributed by atoms with Gasteiger partial charge in [0, 0.05) is 19.2 Å². The molecule has 12 heteroatoms. The molecule has 1 aromatic carbocycles. The molecule has 0 aliphatic carbocycles. The summed E-state index contributed by atoms with van der Waals surface area (Å²) in [5, 5.41) is 3.62. The minimum absolute atomic E-state index is 0.135. The predicted octanol–water partition coefficient (Wildman–Crippen LogP) is 1.02. The van der Waals surface area contributed by atoms with E-state index in [1.165, 1.54) is 0 Å². The van der Waals surface area contributed by atoms with Crippen LogP contribution >= 0.6 is 0 Å². The number of aryl methyl sites for hydroxylation is 1. The Balaban J connectivity index is 1.67. The number of hydrazine groups is 1. The van der Waals surface area contributed by atoms with Gasteiger partial charge in [-0.1, -0.05) is 0 Å². The number of carbonyl (C=O) groups excluding carboxylic acids is 2. The fourth-order valence-electron chi connectivity index (χ4n) is 3.57. The van der Waals surface area contributed by atoms with Crippen molar-refractivity contribution in [3.05, 3.63) is 17.7 Å². The summed E-state index contributed by atoms with van der Waals surface area (Å²) in [4.78, 5) is 29.6. The van der Waals surface area contributed by atoms with Crippen LogP contribution in [0.4, 0.5) is 18.9 Å². The molecule has 9 nitrogen and oxygen atoms in total. The number of hydroxylamine groups is 1. The van der Waals surface area contributed by atoms with E-state index < -0.39 is 30.3 Å². The average Bonchev–Trinajstić information content (AvgIpc) is 2.63. The first-order valence-electron chi connectivity index (χ1n) is 9.33. The van der Waals surface area contributed by atoms with Gasteiger partial charge in [0.1, 0.15) is 29.7 Å². The van der Waals surface area contributed by atoms with E-state index in [2.05, 4.69) is 15.6 Å². The molecule has 3 aliphatic rings. The molecule has 164 valence electrons. The molecule has 0 saturated carbocycles. The van der Waals surface area contributed by atoms with Crippen LogP contribution in [0.25, 0.3) is 0 Å². The molecule has 30 heavy (non-hydrogen) atoms. The molecular weight excluding hydrogens is 409 g/mol. The van der Waals surface area contributed by atoms with Crippen LogP contribution in [0, 0.1) is 6.92 Å². The first kappa shape index (κ1) is 20.5. The van der Waals surface area contributed by atoms with Crippen molar-refractivity contribution in [1.29, 1.82) is 0 Å². The number of nitrogens with zero attached hydrogens (tertiary/aromatic N) is 2. The van der Waals surface area contributed by atoms with E-state index in [0.29, 0.717) is 35.4 Å². The van der Waals surface area contributed by atoms with E-state index >= 15 is 0 Å². The quantitative estimate of drug-likeness (QED) is 0.735. The number of anilines is 1. The van der Waals surface area contributed by atoms with Gasteiger partial charge in [0.15, 0.2) is 6.17 Å². The van der Waals surface area contributed by atoms with Gasteiger partial charge in [-0.2, -0.15) is 13.2 Å². The van der Waals surface area contributed by atoms with Crippen LogP contribution in [0.1, 0.15) is 19.4 Å². The standard InChI is InChI=1S/C18H21F3N4O5/c1-9-4-13-11(5-12(9)29-17(3)7-22-8-17)24-10(2)15(26)23-25(14(24)6-28-13)30-16(27)18(19,20)21/h4-5,10,14,22H,6-8H2,1-3H3,(H,23,26). The molecule has 4 rings (SSSR count). The van der Waals surface area contributed by atoms with Gasteiger partial charge in [0.05, 0.1) is 5.69 Å². The maximum Gasteiger partial charge on any atom is 0.492 e. The van der Waals surface area contributed by atoms with E-state index in [1.54, 1.807) is 24.0 Å². The Morgan fingerprint density at radius 2 is 2.03 bits per heavy atom. The van der Waals surface area contributed by atoms with Gasteiger partial charge in [-0.25, -0.2) is 4.79 Å². The molecule has 3 aliphatic heterocycles. The van der Waals surface area contributed by atoms with Gasteiger partial charge >= 0.3 is 12.1 Å². The number of benzene rings is 1. The normalized spacial score (nSPS) is 25.3. The number of ether oxygens (including phenoxy) is 2. The largest absolute Gasteiger partial charge is 0.492 e. The minimum atomic E-state index is -5.21. The van der Waals surface area contributed by atoms with Crippen molar-refractivity contribution in [2.45, 2.75) is 44.8 Å². The van der Waals surface area contributed by atoms with Crippen LogP contribution < -0.4 is 25.1 Å². The van der Waals surface area contributed by atoms with Crippen LogP contribution in [0.3, 0.4) is 0 Å². The Hall–Kier alpha value is -2.73. The lowest BCUT2D eigenvalue weighted by Gasteiger charge is -2.48. The van der Waals surface area contributed by atoms with E-state index in [0.717, 1.165) is 5.56 Å². The van der Waals surface area contributed by atoms with Crippen LogP contribution in [-0.4, -0.2) is 60.7 Å². The van der Waals surface area contributed by atoms with Gasteiger partial charge in [0.2, 0.25) is 0 Å². The molecule has 2 fully saturated rings. The van der Waals surface area contributed by atoms with Crippen molar-refractivity contribution < 1.29 is 37.1 Å². The molecule has 2 N–H and O–H groups in total. The number of hydrogen-bond acceptors (Lipinski definition) is 8. The summed E-state index contributed by atoms with van der Waals surface area (Å²) in [6, 6.07) is 2.69. The first-order valence-corrected chi connectivity index (χ1v) is 9.33. The first-order chi connectivity index (χ1) is 14.0. The van der Waals surface area contributed by atoms with E-state index in [1.807, 2.05) is 13.8 Å². The summed E-state index contributed by atoms with van der Waals surface area (Å²) < 4.78 is 49.8. The molecule has 1 aromatic rings. The Kier molecular flexibility index (Phi) is 4.73. The van der Waals surface area contributed by atoms with Crippen molar-refractivity contribution in [1.82, 2.24) is 15.9 Å². The number of rotatable bonds is 3. The van der Waals surface area contributed by atoms with Crippen molar-refractivity contribution in [2.75, 3.05) is 24.6 Å². The SMILES string of the molecule is Cc1cc2c(cc1OC1(C)CNC1)N1C(C)C(=O)NN(OC(=O)C(F)(F)F)C1CO2. The Bertz CT molecular complexity index is 889. The number of hydrogen-bond donors (Lipinski definition) is 2. The molecule has 0 aromatic heterocycles. The maximum atomic E-state index is 12.7. The number of halogens is 3. The lowest BCUT2D eigenvalue weighted by atomic mass is 9.99. The molecule has 2 saturated heterocycles. The summed E-state index contributed by atoms with van der Waals surface area (Å²) in [5.74, 6) is -2.05. The monoisotopic (exact) mass is 430 g/mol. The Morgan fingerprint density at radius 3 is 2.63 bits per heavy atom. The van der Waals surface area contributed by atoms with Gasteiger partial charge < -0.3 is 24.5 Å². The zero-order valence-corrected chi connectivity index (χ0v) is 16.5. The zero-order chi connectivity index (χ0) is 21.8. The van der Waals surface area contributed by atoms with Crippen molar-refractivity contribution in [2.24, 2.45) is 0 Å². The Morgan fingerprint density at radius 1 is 1.33 bits per heavy atom. The molecule has 0 radical (unpaired) electrons. The molecule has 2 unspecified atom stereocenters. The number of carbonyl (C=O) groups is 2. The molecule has 3 heterocycles. The van der Waals surface area contributed by atoms with Crippen LogP contribution in [0.2, 0.25) is 0 Å². The highest BCUT2D eigenvalue weighted by molar-refractivity contribution is 5.87. The topological polar surface area (TPSA) is 92.4 Å². The third kappa shape index (κ3) is 3.49. The lowest BCUT2D eigenvalue weighted by molar-refractivity contribution is -0.265. The fourth-order valence-corrected chi connectivity index (χ4v) is 3.57. The van der Waals surface area contributed by atoms with Crippen molar-refractivity contribution in [3.8, 4) is 11.5 Å². The second-order valence-corrected chi connectivity index (χ2v) is 7.79. The van der Waals surface area contributed by atoms with E-state index in [9.17, 15) is 22.8 Å². The lowest BCUT2D eigenvalue weighted by Crippen LogP contribution is -2.70. The summed E-state index contributed by atoms with van der Waals surface area (Å²) in [6.45, 7) is 6.61. The molecule has 0 spiro atoms. The van der Waals surface area contributed by atoms with Gasteiger partial charge in [0.25, 0.3) is 5.91 Å². The second-order valence-electron chi connectivity index (χ2n) is 7.79. The van der Waals surface area contributed by atoms with Crippen molar-refractivity contribution >= 4 is 17.6 Å². The fraction of sp³-hybridized carbons (Fsp3) is 0.556. The van der Waals surface area contributed by atoms with Crippen molar-refractivity contribution in [3.63, 3.8) is 0 Å². The van der Waals surface area contributed by atoms with E-state index in [4.69, 9.17) is 9.47 Å². The van der Waals surface area contributed by atoms with Crippen LogP contribution in [0.5, 0.6) is 11.5 Å². The third-order valence-corrected chi connectivity index (χ3v) is 5.30. The van der Waals surface area contributed by atoms with Gasteiger partial charge in [-0.15, -0.1) is 0 Å². The highest BCUT2D eigenvalue weighted by Crippen LogP contribution is 2.42. The highest BCUT2D eigenvalue weighted by atomic mass is 19.4. The maximum absolute atomic E-state index is 12.7. The van der Waals surface area contributed by atoms with Gasteiger partial charge in [-0.05, 0) is 37.6 Å². The molecular formula is C18H21F3N4O5. The summed E-state index contributed by atoms with van der Waals surface area (Å²) >= 11 is 0. The van der Waals surface area contributed by atoms with E-state index in [-0.39, 0.29) is 12.2 Å². The number of alkyl halides is 3. The highest BCUT2D eigenvalue weighted by Gasteiger charge is 2.49. The number of amides is 1. The molecule has 0 bridgehead atoms. The summed E-state index contributed by atoms with van der Waals surface area (Å²) in [6.07, 6.45) is -6.20. The predicted molar refractivity (Wildman–Crippen MR) is 96.4 cm³/mol. The Labute approximate surface area is 169 Å². The smallest absolute Gasteiger partial charge is 0.488 e. The zero-order valence-electron chi connectivity index (χ0n) is 16.5. The van der Waals surface area contributed by atoms with Crippen LogP contribution in [0.15, 0.2) is 12.1 Å².